The van der Waals surface area contributed by atoms with Crippen molar-refractivity contribution in [2.24, 2.45) is 11.8 Å². The van der Waals surface area contributed by atoms with Crippen molar-refractivity contribution >= 4 is 0 Å². The Hall–Kier alpha value is -0.0800. The van der Waals surface area contributed by atoms with Crippen LogP contribution in [0.2, 0.25) is 0 Å². The molecule has 1 heterocycles. The Balaban J connectivity index is 2.03. The van der Waals surface area contributed by atoms with E-state index in [0.29, 0.717) is 0 Å². The van der Waals surface area contributed by atoms with Crippen molar-refractivity contribution in [3.63, 3.8) is 0 Å². The van der Waals surface area contributed by atoms with E-state index in [2.05, 4.69) is 24.1 Å². The van der Waals surface area contributed by atoms with Gasteiger partial charge in [-0.25, -0.2) is 0 Å². The van der Waals surface area contributed by atoms with Crippen molar-refractivity contribution in [2.45, 2.75) is 26.7 Å². The fourth-order valence-electron chi connectivity index (χ4n) is 2.07. The van der Waals surface area contributed by atoms with Gasteiger partial charge < -0.3 is 10.2 Å². The van der Waals surface area contributed by atoms with Crippen LogP contribution in [0.25, 0.3) is 0 Å². The molecule has 0 saturated carbocycles. The Kier molecular flexibility index (Phi) is 4.74. The van der Waals surface area contributed by atoms with Crippen LogP contribution in [0.4, 0.5) is 0 Å². The summed E-state index contributed by atoms with van der Waals surface area (Å²) >= 11 is 0. The van der Waals surface area contributed by atoms with Gasteiger partial charge in [-0.1, -0.05) is 13.8 Å². The summed E-state index contributed by atoms with van der Waals surface area (Å²) in [7, 11) is 2.03. The third-order valence-corrected chi connectivity index (χ3v) is 3.21. The quantitative estimate of drug-likeness (QED) is 0.653. The number of likely N-dealkylation sites (tertiary alicyclic amines) is 1. The third kappa shape index (κ3) is 3.65. The highest BCUT2D eigenvalue weighted by molar-refractivity contribution is 4.78. The Labute approximate surface area is 82.7 Å². The molecule has 0 aromatic carbocycles. The molecule has 2 heteroatoms. The van der Waals surface area contributed by atoms with Crippen LogP contribution >= 0.6 is 0 Å². The maximum absolute atomic E-state index is 3.19. The summed E-state index contributed by atoms with van der Waals surface area (Å²) in [4.78, 5) is 2.62. The number of unbranched alkanes of at least 4 members (excludes halogenated alkanes) is 1. The molecule has 2 unspecified atom stereocenters. The van der Waals surface area contributed by atoms with Crippen molar-refractivity contribution < 1.29 is 0 Å². The molecule has 1 aliphatic heterocycles. The zero-order valence-electron chi connectivity index (χ0n) is 9.34. The summed E-state index contributed by atoms with van der Waals surface area (Å²) in [6, 6.07) is 0. The van der Waals surface area contributed by atoms with Gasteiger partial charge in [-0.05, 0) is 44.8 Å². The van der Waals surface area contributed by atoms with Gasteiger partial charge in [0.2, 0.25) is 0 Å². The molecule has 2 nitrogen and oxygen atoms in total. The molecule has 0 spiro atoms. The highest BCUT2D eigenvalue weighted by Gasteiger charge is 2.24. The SMILES string of the molecule is CNCCCCN1CC(C)C(C)C1. The molecule has 0 aliphatic carbocycles. The van der Waals surface area contributed by atoms with Crippen LogP contribution in [0.5, 0.6) is 0 Å². The van der Waals surface area contributed by atoms with Crippen LogP contribution in [0.1, 0.15) is 26.7 Å². The fourth-order valence-corrected chi connectivity index (χ4v) is 2.07. The van der Waals surface area contributed by atoms with E-state index in [1.54, 1.807) is 0 Å². The fraction of sp³-hybridized carbons (Fsp3) is 1.00. The number of nitrogens with zero attached hydrogens (tertiary/aromatic N) is 1. The van der Waals surface area contributed by atoms with Crippen molar-refractivity contribution in [3.8, 4) is 0 Å². The summed E-state index contributed by atoms with van der Waals surface area (Å²) in [5, 5.41) is 3.19. The van der Waals surface area contributed by atoms with Crippen LogP contribution in [-0.2, 0) is 0 Å². The van der Waals surface area contributed by atoms with E-state index in [-0.39, 0.29) is 0 Å². The zero-order chi connectivity index (χ0) is 9.68. The van der Waals surface area contributed by atoms with E-state index < -0.39 is 0 Å². The number of rotatable bonds is 5. The normalized spacial score (nSPS) is 29.8. The predicted molar refractivity (Wildman–Crippen MR) is 57.9 cm³/mol. The zero-order valence-corrected chi connectivity index (χ0v) is 9.34. The molecule has 0 aromatic rings. The maximum Gasteiger partial charge on any atom is 0.00102 e. The van der Waals surface area contributed by atoms with Crippen molar-refractivity contribution in [2.75, 3.05) is 33.2 Å². The molecular weight excluding hydrogens is 160 g/mol. The molecular formula is C11H24N2. The molecule has 0 bridgehead atoms. The van der Waals surface area contributed by atoms with Crippen LogP contribution in [0, 0.1) is 11.8 Å². The first-order chi connectivity index (χ1) is 6.24. The van der Waals surface area contributed by atoms with Crippen molar-refractivity contribution in [1.29, 1.82) is 0 Å². The monoisotopic (exact) mass is 184 g/mol. The second kappa shape index (κ2) is 5.61. The summed E-state index contributed by atoms with van der Waals surface area (Å²) in [5.41, 5.74) is 0. The largest absolute Gasteiger partial charge is 0.320 e. The minimum absolute atomic E-state index is 0.907. The van der Waals surface area contributed by atoms with Crippen molar-refractivity contribution in [3.05, 3.63) is 0 Å². The van der Waals surface area contributed by atoms with Gasteiger partial charge in [0.25, 0.3) is 0 Å². The van der Waals surface area contributed by atoms with Crippen LogP contribution in [-0.4, -0.2) is 38.1 Å². The molecule has 1 aliphatic rings. The molecule has 1 saturated heterocycles. The summed E-state index contributed by atoms with van der Waals surface area (Å²) in [6.07, 6.45) is 2.66. The van der Waals surface area contributed by atoms with Gasteiger partial charge >= 0.3 is 0 Å². The summed E-state index contributed by atoms with van der Waals surface area (Å²) in [6.45, 7) is 9.85. The lowest BCUT2D eigenvalue weighted by atomic mass is 10.0. The second-order valence-electron chi connectivity index (χ2n) is 4.52. The molecule has 1 rings (SSSR count). The average Bonchev–Trinajstić information content (AvgIpc) is 2.41. The van der Waals surface area contributed by atoms with Crippen molar-refractivity contribution in [1.82, 2.24) is 10.2 Å². The highest BCUT2D eigenvalue weighted by atomic mass is 15.1. The van der Waals surface area contributed by atoms with Gasteiger partial charge in [0.05, 0.1) is 0 Å². The Morgan fingerprint density at radius 3 is 2.31 bits per heavy atom. The lowest BCUT2D eigenvalue weighted by Gasteiger charge is -2.14. The number of hydrogen-bond donors (Lipinski definition) is 1. The second-order valence-corrected chi connectivity index (χ2v) is 4.52. The third-order valence-electron chi connectivity index (χ3n) is 3.21. The average molecular weight is 184 g/mol. The first-order valence-electron chi connectivity index (χ1n) is 5.61. The molecule has 2 atom stereocenters. The molecule has 0 amide bonds. The van der Waals surface area contributed by atoms with Gasteiger partial charge in [0.1, 0.15) is 0 Å². The maximum atomic E-state index is 3.19. The van der Waals surface area contributed by atoms with Gasteiger partial charge in [0, 0.05) is 13.1 Å². The Bertz CT molecular complexity index is 126. The molecule has 0 radical (unpaired) electrons. The van der Waals surface area contributed by atoms with Crippen LogP contribution in [0.15, 0.2) is 0 Å². The lowest BCUT2D eigenvalue weighted by molar-refractivity contribution is 0.315. The minimum atomic E-state index is 0.907. The first kappa shape index (κ1) is 11.0. The van der Waals surface area contributed by atoms with Gasteiger partial charge in [-0.15, -0.1) is 0 Å². The Morgan fingerprint density at radius 2 is 1.77 bits per heavy atom. The van der Waals surface area contributed by atoms with E-state index in [9.17, 15) is 0 Å². The molecule has 0 aromatic heterocycles. The number of hydrogen-bond acceptors (Lipinski definition) is 2. The standard InChI is InChI=1S/C11H24N2/c1-10-8-13(9-11(10)2)7-5-4-6-12-3/h10-12H,4-9H2,1-3H3. The van der Waals surface area contributed by atoms with E-state index in [1.807, 2.05) is 7.05 Å². The summed E-state index contributed by atoms with van der Waals surface area (Å²) < 4.78 is 0. The van der Waals surface area contributed by atoms with E-state index in [1.165, 1.54) is 39.0 Å². The molecule has 78 valence electrons. The predicted octanol–water partition coefficient (Wildman–Crippen LogP) is 1.57. The molecule has 1 N–H and O–H groups in total. The molecule has 1 fully saturated rings. The van der Waals surface area contributed by atoms with Crippen LogP contribution in [0.3, 0.4) is 0 Å². The Morgan fingerprint density at radius 1 is 1.15 bits per heavy atom. The summed E-state index contributed by atoms with van der Waals surface area (Å²) in [5.74, 6) is 1.81. The molecule has 13 heavy (non-hydrogen) atoms. The van der Waals surface area contributed by atoms with E-state index in [4.69, 9.17) is 0 Å². The smallest absolute Gasteiger partial charge is 0.00102 e. The number of nitrogens with one attached hydrogen (secondary N) is 1. The highest BCUT2D eigenvalue weighted by Crippen LogP contribution is 2.21. The van der Waals surface area contributed by atoms with Gasteiger partial charge in [-0.3, -0.25) is 0 Å². The topological polar surface area (TPSA) is 15.3 Å². The van der Waals surface area contributed by atoms with Gasteiger partial charge in [-0.2, -0.15) is 0 Å². The van der Waals surface area contributed by atoms with Crippen LogP contribution < -0.4 is 5.32 Å². The van der Waals surface area contributed by atoms with E-state index >= 15 is 0 Å². The minimum Gasteiger partial charge on any atom is -0.320 e. The van der Waals surface area contributed by atoms with Gasteiger partial charge in [0.15, 0.2) is 0 Å². The lowest BCUT2D eigenvalue weighted by Crippen LogP contribution is -2.22. The van der Waals surface area contributed by atoms with E-state index in [0.717, 1.165) is 11.8 Å². The first-order valence-corrected chi connectivity index (χ1v) is 5.61.